The fourth-order valence-electron chi connectivity index (χ4n) is 1.25. The second-order valence-electron chi connectivity index (χ2n) is 2.92. The van der Waals surface area contributed by atoms with Gasteiger partial charge in [-0.2, -0.15) is 0 Å². The van der Waals surface area contributed by atoms with Crippen LogP contribution in [0.15, 0.2) is 6.07 Å². The molecule has 0 radical (unpaired) electrons. The zero-order chi connectivity index (χ0) is 9.42. The fraction of sp³-hybridized carbons (Fsp3) is 0.333. The van der Waals surface area contributed by atoms with E-state index in [9.17, 15) is 9.18 Å². The summed E-state index contributed by atoms with van der Waals surface area (Å²) in [5.74, 6) is -0.253. The largest absolute Gasteiger partial charge is 0.491 e. The third kappa shape index (κ3) is 1.28. The van der Waals surface area contributed by atoms with Crippen LogP contribution in [0.4, 0.5) is 4.39 Å². The Balaban J connectivity index is 2.58. The van der Waals surface area contributed by atoms with Crippen LogP contribution in [0.25, 0.3) is 0 Å². The number of ketones is 1. The summed E-state index contributed by atoms with van der Waals surface area (Å²) in [6, 6.07) is 1.22. The molecule has 0 bridgehead atoms. The molecular weight excluding hydrogens is 173 g/mol. The third-order valence-electron chi connectivity index (χ3n) is 1.97. The molecule has 13 heavy (non-hydrogen) atoms. The summed E-state index contributed by atoms with van der Waals surface area (Å²) < 4.78 is 18.1. The molecule has 0 N–H and O–H groups in total. The predicted molar refractivity (Wildman–Crippen MR) is 43.4 cm³/mol. The van der Waals surface area contributed by atoms with Gasteiger partial charge < -0.3 is 4.74 Å². The molecule has 1 aromatic heterocycles. The number of hydrogen-bond donors (Lipinski definition) is 0. The first-order chi connectivity index (χ1) is 6.18. The molecule has 1 aliphatic rings. The number of carbonyl (C=O) groups is 1. The number of Topliss-reactive ketones (excluding diaryl/α,β-unsaturated/α-hetero) is 1. The minimum atomic E-state index is -0.437. The van der Waals surface area contributed by atoms with Gasteiger partial charge >= 0.3 is 0 Å². The van der Waals surface area contributed by atoms with Crippen LogP contribution in [0.2, 0.25) is 0 Å². The van der Waals surface area contributed by atoms with E-state index in [1.54, 1.807) is 0 Å². The number of nitrogens with zero attached hydrogens (tertiary/aromatic N) is 1. The first-order valence-electron chi connectivity index (χ1n) is 4.01. The Morgan fingerprint density at radius 2 is 2.38 bits per heavy atom. The molecule has 2 rings (SSSR count). The van der Waals surface area contributed by atoms with Crippen molar-refractivity contribution in [1.82, 2.24) is 4.98 Å². The van der Waals surface area contributed by atoms with Gasteiger partial charge in [-0.25, -0.2) is 9.37 Å². The number of halogens is 1. The second-order valence-corrected chi connectivity index (χ2v) is 2.92. The van der Waals surface area contributed by atoms with Crippen LogP contribution in [0.5, 0.6) is 5.75 Å². The molecule has 0 fully saturated rings. The lowest BCUT2D eigenvalue weighted by Crippen LogP contribution is -2.17. The Bertz CT molecular complexity index is 376. The Kier molecular flexibility index (Phi) is 1.76. The van der Waals surface area contributed by atoms with Crippen LogP contribution in [0, 0.1) is 12.7 Å². The van der Waals surface area contributed by atoms with Crippen molar-refractivity contribution >= 4 is 5.78 Å². The summed E-state index contributed by atoms with van der Waals surface area (Å²) in [5, 5.41) is 0. The molecule has 0 saturated heterocycles. The Morgan fingerprint density at radius 1 is 1.62 bits per heavy atom. The van der Waals surface area contributed by atoms with Gasteiger partial charge in [-0.3, -0.25) is 4.79 Å². The highest BCUT2D eigenvalue weighted by Crippen LogP contribution is 2.24. The molecule has 68 valence electrons. The lowest BCUT2D eigenvalue weighted by molar-refractivity contribution is 0.0926. The molecule has 0 amide bonds. The maximum atomic E-state index is 13.0. The van der Waals surface area contributed by atoms with Crippen molar-refractivity contribution in [2.24, 2.45) is 0 Å². The van der Waals surface area contributed by atoms with E-state index in [0.717, 1.165) is 0 Å². The molecule has 2 heterocycles. The SMILES string of the molecule is Cc1nc2c(cc1F)OCCC2=O. The lowest BCUT2D eigenvalue weighted by Gasteiger charge is -2.15. The van der Waals surface area contributed by atoms with E-state index in [4.69, 9.17) is 4.74 Å². The number of ether oxygens (including phenoxy) is 1. The molecule has 0 atom stereocenters. The number of pyridine rings is 1. The van der Waals surface area contributed by atoms with Gasteiger partial charge in [-0.1, -0.05) is 0 Å². The molecule has 1 aliphatic heterocycles. The van der Waals surface area contributed by atoms with Crippen LogP contribution in [0.3, 0.4) is 0 Å². The maximum Gasteiger partial charge on any atom is 0.188 e. The monoisotopic (exact) mass is 181 g/mol. The molecule has 4 heteroatoms. The summed E-state index contributed by atoms with van der Waals surface area (Å²) in [6.45, 7) is 1.84. The highest BCUT2D eigenvalue weighted by molar-refractivity contribution is 5.97. The number of aromatic nitrogens is 1. The second kappa shape index (κ2) is 2.80. The average Bonchev–Trinajstić information content (AvgIpc) is 2.09. The van der Waals surface area contributed by atoms with E-state index >= 15 is 0 Å². The van der Waals surface area contributed by atoms with E-state index in [1.165, 1.54) is 13.0 Å². The minimum Gasteiger partial charge on any atom is -0.491 e. The minimum absolute atomic E-state index is 0.0793. The predicted octanol–water partition coefficient (Wildman–Crippen LogP) is 1.49. The Labute approximate surface area is 74.5 Å². The molecule has 0 saturated carbocycles. The molecule has 0 aromatic carbocycles. The average molecular weight is 181 g/mol. The number of rotatable bonds is 0. The lowest BCUT2D eigenvalue weighted by atomic mass is 10.1. The van der Waals surface area contributed by atoms with Crippen molar-refractivity contribution in [2.45, 2.75) is 13.3 Å². The van der Waals surface area contributed by atoms with Gasteiger partial charge in [0.1, 0.15) is 11.5 Å². The van der Waals surface area contributed by atoms with Crippen molar-refractivity contribution in [3.8, 4) is 5.75 Å². The van der Waals surface area contributed by atoms with Crippen molar-refractivity contribution in [2.75, 3.05) is 6.61 Å². The fourth-order valence-corrected chi connectivity index (χ4v) is 1.25. The van der Waals surface area contributed by atoms with Crippen molar-refractivity contribution in [1.29, 1.82) is 0 Å². The zero-order valence-electron chi connectivity index (χ0n) is 7.13. The summed E-state index contributed by atoms with van der Waals surface area (Å²) in [7, 11) is 0. The highest BCUT2D eigenvalue weighted by Gasteiger charge is 2.21. The van der Waals surface area contributed by atoms with E-state index in [-0.39, 0.29) is 22.9 Å². The van der Waals surface area contributed by atoms with Crippen LogP contribution < -0.4 is 4.74 Å². The summed E-state index contributed by atoms with van der Waals surface area (Å²) in [6.07, 6.45) is 0.324. The quantitative estimate of drug-likeness (QED) is 0.608. The number of hydrogen-bond acceptors (Lipinski definition) is 3. The van der Waals surface area contributed by atoms with Crippen molar-refractivity contribution in [3.05, 3.63) is 23.3 Å². The topological polar surface area (TPSA) is 39.2 Å². The van der Waals surface area contributed by atoms with E-state index in [1.807, 2.05) is 0 Å². The highest BCUT2D eigenvalue weighted by atomic mass is 19.1. The van der Waals surface area contributed by atoms with Gasteiger partial charge in [-0.05, 0) is 6.92 Å². The number of carbonyl (C=O) groups excluding carboxylic acids is 1. The Hall–Kier alpha value is -1.45. The van der Waals surface area contributed by atoms with Gasteiger partial charge in [-0.15, -0.1) is 0 Å². The van der Waals surface area contributed by atoms with Gasteiger partial charge in [0.05, 0.1) is 12.3 Å². The smallest absolute Gasteiger partial charge is 0.188 e. The first kappa shape index (κ1) is 8.16. The number of aryl methyl sites for hydroxylation is 1. The van der Waals surface area contributed by atoms with Crippen molar-refractivity contribution in [3.63, 3.8) is 0 Å². The van der Waals surface area contributed by atoms with Crippen LogP contribution in [-0.4, -0.2) is 17.4 Å². The van der Waals surface area contributed by atoms with Crippen LogP contribution in [-0.2, 0) is 0 Å². The molecule has 3 nitrogen and oxygen atoms in total. The van der Waals surface area contributed by atoms with Crippen molar-refractivity contribution < 1.29 is 13.9 Å². The van der Waals surface area contributed by atoms with Gasteiger partial charge in [0.15, 0.2) is 11.5 Å². The van der Waals surface area contributed by atoms with Gasteiger partial charge in [0.25, 0.3) is 0 Å². The maximum absolute atomic E-state index is 13.0. The molecular formula is C9H8FNO2. The van der Waals surface area contributed by atoms with Crippen LogP contribution >= 0.6 is 0 Å². The normalized spacial score (nSPS) is 15.1. The molecule has 0 unspecified atom stereocenters. The third-order valence-corrected chi connectivity index (χ3v) is 1.97. The van der Waals surface area contributed by atoms with E-state index < -0.39 is 5.82 Å². The first-order valence-corrected chi connectivity index (χ1v) is 4.01. The van der Waals surface area contributed by atoms with E-state index in [0.29, 0.717) is 13.0 Å². The summed E-state index contributed by atoms with van der Waals surface area (Å²) in [5.41, 5.74) is 0.489. The van der Waals surface area contributed by atoms with E-state index in [2.05, 4.69) is 4.98 Å². The van der Waals surface area contributed by atoms with Gasteiger partial charge in [0, 0.05) is 12.5 Å². The van der Waals surface area contributed by atoms with Gasteiger partial charge in [0.2, 0.25) is 0 Å². The molecule has 0 spiro atoms. The molecule has 0 aliphatic carbocycles. The summed E-state index contributed by atoms with van der Waals surface area (Å²) >= 11 is 0. The number of fused-ring (bicyclic) bond motifs is 1. The van der Waals surface area contributed by atoms with Crippen LogP contribution in [0.1, 0.15) is 22.6 Å². The molecule has 1 aromatic rings. The zero-order valence-corrected chi connectivity index (χ0v) is 7.13. The standard InChI is InChI=1S/C9H8FNO2/c1-5-6(10)4-8-9(11-5)7(12)2-3-13-8/h4H,2-3H2,1H3. The Morgan fingerprint density at radius 3 is 3.15 bits per heavy atom. The summed E-state index contributed by atoms with van der Waals surface area (Å²) in [4.78, 5) is 15.1.